The molecular formula is C23H24FN3O2. The minimum Gasteiger partial charge on any atom is -0.492 e. The van der Waals surface area contributed by atoms with Crippen molar-refractivity contribution < 1.29 is 13.9 Å². The summed E-state index contributed by atoms with van der Waals surface area (Å²) in [5.41, 5.74) is 2.71. The highest BCUT2D eigenvalue weighted by molar-refractivity contribution is 5.85. The molecule has 1 unspecified atom stereocenters. The molecule has 2 aromatic heterocycles. The first-order chi connectivity index (χ1) is 14.1. The van der Waals surface area contributed by atoms with Gasteiger partial charge in [0.25, 0.3) is 0 Å². The van der Waals surface area contributed by atoms with Gasteiger partial charge in [0.15, 0.2) is 0 Å². The lowest BCUT2D eigenvalue weighted by Crippen LogP contribution is -2.29. The molecule has 0 radical (unpaired) electrons. The van der Waals surface area contributed by atoms with E-state index in [0.717, 1.165) is 41.1 Å². The molecule has 5 nitrogen and oxygen atoms in total. The smallest absolute Gasteiger partial charge is 0.224 e. The third-order valence-corrected chi connectivity index (χ3v) is 5.87. The molecule has 5 rings (SSSR count). The number of amides is 1. The van der Waals surface area contributed by atoms with Gasteiger partial charge in [-0.25, -0.2) is 4.39 Å². The van der Waals surface area contributed by atoms with Crippen molar-refractivity contribution >= 4 is 16.8 Å². The molecule has 2 aliphatic carbocycles. The van der Waals surface area contributed by atoms with E-state index < -0.39 is 0 Å². The number of pyridine rings is 1. The van der Waals surface area contributed by atoms with Crippen molar-refractivity contribution in [2.45, 2.75) is 38.1 Å². The Kier molecular flexibility index (Phi) is 4.49. The molecule has 2 fully saturated rings. The van der Waals surface area contributed by atoms with E-state index in [1.54, 1.807) is 12.3 Å². The van der Waals surface area contributed by atoms with Gasteiger partial charge in [-0.15, -0.1) is 0 Å². The fourth-order valence-corrected chi connectivity index (χ4v) is 3.78. The second-order valence-corrected chi connectivity index (χ2v) is 8.31. The third-order valence-electron chi connectivity index (χ3n) is 5.87. The quantitative estimate of drug-likeness (QED) is 0.622. The molecule has 2 N–H and O–H groups in total. The van der Waals surface area contributed by atoms with E-state index in [1.807, 2.05) is 25.1 Å². The van der Waals surface area contributed by atoms with Crippen molar-refractivity contribution in [3.8, 4) is 5.75 Å². The molecule has 150 valence electrons. The molecule has 3 atom stereocenters. The maximum atomic E-state index is 13.4. The fourth-order valence-electron chi connectivity index (χ4n) is 3.78. The van der Waals surface area contributed by atoms with Gasteiger partial charge in [-0.05, 0) is 68.5 Å². The average Bonchev–Trinajstić information content (AvgIpc) is 3.63. The Morgan fingerprint density at radius 3 is 2.93 bits per heavy atom. The van der Waals surface area contributed by atoms with Crippen LogP contribution >= 0.6 is 0 Å². The minimum absolute atomic E-state index is 0.0307. The van der Waals surface area contributed by atoms with Crippen LogP contribution in [0.15, 0.2) is 42.6 Å². The molecule has 29 heavy (non-hydrogen) atoms. The van der Waals surface area contributed by atoms with Gasteiger partial charge in [0.05, 0.1) is 24.5 Å². The van der Waals surface area contributed by atoms with Crippen LogP contribution in [-0.4, -0.2) is 22.5 Å². The summed E-state index contributed by atoms with van der Waals surface area (Å²) in [6.45, 7) is 2.70. The number of ether oxygens (including phenoxy) is 1. The zero-order chi connectivity index (χ0) is 20.0. The molecule has 2 saturated carbocycles. The zero-order valence-electron chi connectivity index (χ0n) is 16.3. The number of nitrogens with one attached hydrogen (secondary N) is 2. The number of benzene rings is 1. The van der Waals surface area contributed by atoms with E-state index in [1.165, 1.54) is 25.0 Å². The lowest BCUT2D eigenvalue weighted by molar-refractivity contribution is -0.123. The summed E-state index contributed by atoms with van der Waals surface area (Å²) in [4.78, 5) is 20.4. The highest BCUT2D eigenvalue weighted by atomic mass is 19.1. The van der Waals surface area contributed by atoms with Crippen molar-refractivity contribution in [1.82, 2.24) is 15.3 Å². The number of fused-ring (bicyclic) bond motifs is 1. The molecule has 0 bridgehead atoms. The number of aromatic amines is 1. The molecule has 1 amide bonds. The Balaban J connectivity index is 1.18. The first-order valence-corrected chi connectivity index (χ1v) is 10.2. The second-order valence-electron chi connectivity index (χ2n) is 8.31. The van der Waals surface area contributed by atoms with Crippen molar-refractivity contribution in [2.75, 3.05) is 6.61 Å². The molecule has 0 spiro atoms. The summed E-state index contributed by atoms with van der Waals surface area (Å²) in [7, 11) is 0. The summed E-state index contributed by atoms with van der Waals surface area (Å²) in [5.74, 6) is 1.36. The van der Waals surface area contributed by atoms with Crippen molar-refractivity contribution in [1.29, 1.82) is 0 Å². The number of hydrogen-bond donors (Lipinski definition) is 2. The van der Waals surface area contributed by atoms with Gasteiger partial charge in [-0.1, -0.05) is 0 Å². The van der Waals surface area contributed by atoms with Crippen LogP contribution in [0.2, 0.25) is 0 Å². The predicted molar refractivity (Wildman–Crippen MR) is 108 cm³/mol. The number of halogens is 1. The standard InChI is InChI=1S/C23H24FN3O2/c1-13(20-7-5-17(11-25-20)29-12-14-2-3-14)26-23(28)19-10-18(19)22-9-15-8-16(24)4-6-21(15)27-22/h4-9,11,13-14,18-19,27H,2-3,10,12H2,1H3,(H,26,28)/t13-,18-,19?/m1/s1. The first kappa shape index (κ1) is 18.2. The largest absolute Gasteiger partial charge is 0.492 e. The highest BCUT2D eigenvalue weighted by Gasteiger charge is 2.45. The first-order valence-electron chi connectivity index (χ1n) is 10.2. The summed E-state index contributed by atoms with van der Waals surface area (Å²) in [6.07, 6.45) is 5.04. The molecule has 6 heteroatoms. The highest BCUT2D eigenvalue weighted by Crippen LogP contribution is 2.48. The molecule has 0 aliphatic heterocycles. The van der Waals surface area contributed by atoms with Crippen LogP contribution in [0, 0.1) is 17.7 Å². The van der Waals surface area contributed by atoms with Crippen LogP contribution in [0.4, 0.5) is 4.39 Å². The summed E-state index contributed by atoms with van der Waals surface area (Å²) >= 11 is 0. The van der Waals surface area contributed by atoms with E-state index in [2.05, 4.69) is 15.3 Å². The van der Waals surface area contributed by atoms with Gasteiger partial charge < -0.3 is 15.0 Å². The lowest BCUT2D eigenvalue weighted by atomic mass is 10.1. The molecule has 1 aromatic carbocycles. The second kappa shape index (κ2) is 7.17. The van der Waals surface area contributed by atoms with Crippen LogP contribution in [0.5, 0.6) is 5.75 Å². The maximum absolute atomic E-state index is 13.4. The third kappa shape index (κ3) is 3.97. The molecule has 2 heterocycles. The topological polar surface area (TPSA) is 67.0 Å². The SMILES string of the molecule is C[C@@H](NC(=O)C1C[C@H]1c1cc2cc(F)ccc2[nH]1)c1ccc(OCC2CC2)cn1. The van der Waals surface area contributed by atoms with Gasteiger partial charge in [-0.2, -0.15) is 0 Å². The average molecular weight is 393 g/mol. The van der Waals surface area contributed by atoms with E-state index in [4.69, 9.17) is 4.74 Å². The van der Waals surface area contributed by atoms with Crippen LogP contribution in [0.25, 0.3) is 10.9 Å². The van der Waals surface area contributed by atoms with Gasteiger partial charge in [0.1, 0.15) is 11.6 Å². The minimum atomic E-state index is -0.251. The van der Waals surface area contributed by atoms with E-state index in [9.17, 15) is 9.18 Å². The van der Waals surface area contributed by atoms with Gasteiger partial charge in [-0.3, -0.25) is 9.78 Å². The Labute approximate surface area is 168 Å². The number of nitrogens with zero attached hydrogens (tertiary/aromatic N) is 1. The summed E-state index contributed by atoms with van der Waals surface area (Å²) in [6, 6.07) is 10.3. The summed E-state index contributed by atoms with van der Waals surface area (Å²) in [5, 5.41) is 3.90. The number of aromatic nitrogens is 2. The Bertz CT molecular complexity index is 1040. The fraction of sp³-hybridized carbons (Fsp3) is 0.391. The van der Waals surface area contributed by atoms with Crippen molar-refractivity contribution in [3.05, 3.63) is 59.8 Å². The number of rotatable bonds is 7. The molecular weight excluding hydrogens is 369 g/mol. The van der Waals surface area contributed by atoms with Gasteiger partial charge in [0.2, 0.25) is 5.91 Å². The van der Waals surface area contributed by atoms with E-state index in [-0.39, 0.29) is 29.6 Å². The van der Waals surface area contributed by atoms with Crippen molar-refractivity contribution in [2.24, 2.45) is 11.8 Å². The Hall–Kier alpha value is -2.89. The van der Waals surface area contributed by atoms with Crippen LogP contribution in [-0.2, 0) is 4.79 Å². The Morgan fingerprint density at radius 2 is 2.17 bits per heavy atom. The maximum Gasteiger partial charge on any atom is 0.224 e. The van der Waals surface area contributed by atoms with Crippen LogP contribution in [0.3, 0.4) is 0 Å². The number of carbonyl (C=O) groups is 1. The van der Waals surface area contributed by atoms with E-state index in [0.29, 0.717) is 5.92 Å². The van der Waals surface area contributed by atoms with Gasteiger partial charge >= 0.3 is 0 Å². The lowest BCUT2D eigenvalue weighted by Gasteiger charge is -2.14. The van der Waals surface area contributed by atoms with Crippen LogP contribution in [0.1, 0.15) is 49.5 Å². The number of carbonyl (C=O) groups excluding carboxylic acids is 1. The number of hydrogen-bond acceptors (Lipinski definition) is 3. The van der Waals surface area contributed by atoms with Gasteiger partial charge in [0, 0.05) is 28.4 Å². The Morgan fingerprint density at radius 1 is 1.31 bits per heavy atom. The molecule has 0 saturated heterocycles. The van der Waals surface area contributed by atoms with E-state index >= 15 is 0 Å². The normalized spacial score (nSPS) is 21.7. The monoisotopic (exact) mass is 393 g/mol. The predicted octanol–water partition coefficient (Wildman–Crippen LogP) is 4.47. The van der Waals surface area contributed by atoms with Crippen molar-refractivity contribution in [3.63, 3.8) is 0 Å². The number of H-pyrrole nitrogens is 1. The zero-order valence-corrected chi connectivity index (χ0v) is 16.3. The van der Waals surface area contributed by atoms with Crippen LogP contribution < -0.4 is 10.1 Å². The summed E-state index contributed by atoms with van der Waals surface area (Å²) < 4.78 is 19.1. The molecule has 3 aromatic rings. The molecule has 2 aliphatic rings.